The SMILES string of the molecule is N#CCCn1cc(/C=N\n2c(=O)[nH]c3ccccc3c2=O)c(-c2ccc(F)cc2)n1. The first kappa shape index (κ1) is 19.0. The van der Waals surface area contributed by atoms with Crippen molar-refractivity contribution in [3.63, 3.8) is 0 Å². The molecule has 0 saturated carbocycles. The van der Waals surface area contributed by atoms with E-state index in [4.69, 9.17) is 5.26 Å². The fraction of sp³-hybridized carbons (Fsp3) is 0.0952. The largest absolute Gasteiger partial charge is 0.349 e. The van der Waals surface area contributed by atoms with Crippen molar-refractivity contribution in [3.05, 3.63) is 86.9 Å². The Kier molecular flexibility index (Phi) is 5.05. The number of nitrogens with zero attached hydrogens (tertiary/aromatic N) is 5. The quantitative estimate of drug-likeness (QED) is 0.517. The van der Waals surface area contributed by atoms with Crippen molar-refractivity contribution in [2.75, 3.05) is 0 Å². The first-order valence-electron chi connectivity index (χ1n) is 9.05. The molecule has 9 heteroatoms. The first-order chi connectivity index (χ1) is 14.6. The van der Waals surface area contributed by atoms with Crippen LogP contribution in [0.4, 0.5) is 4.39 Å². The molecule has 4 rings (SSSR count). The summed E-state index contributed by atoms with van der Waals surface area (Å²) in [6.45, 7) is 0.356. The minimum Gasteiger partial charge on any atom is -0.305 e. The van der Waals surface area contributed by atoms with Gasteiger partial charge in [-0.3, -0.25) is 9.48 Å². The molecule has 2 aromatic carbocycles. The number of benzene rings is 2. The van der Waals surface area contributed by atoms with Gasteiger partial charge in [-0.25, -0.2) is 9.18 Å². The van der Waals surface area contributed by atoms with Gasteiger partial charge in [0, 0.05) is 17.3 Å². The van der Waals surface area contributed by atoms with E-state index in [0.717, 1.165) is 4.68 Å². The highest BCUT2D eigenvalue weighted by Crippen LogP contribution is 2.21. The number of nitriles is 1. The Balaban J connectivity index is 1.80. The van der Waals surface area contributed by atoms with Gasteiger partial charge in [0.2, 0.25) is 0 Å². The van der Waals surface area contributed by atoms with Crippen molar-refractivity contribution in [1.29, 1.82) is 5.26 Å². The number of para-hydroxylation sites is 1. The molecule has 0 atom stereocenters. The van der Waals surface area contributed by atoms with E-state index < -0.39 is 11.2 Å². The lowest BCUT2D eigenvalue weighted by Crippen LogP contribution is -2.32. The van der Waals surface area contributed by atoms with Crippen molar-refractivity contribution >= 4 is 17.1 Å². The number of hydrogen-bond donors (Lipinski definition) is 1. The number of nitrogens with one attached hydrogen (secondary N) is 1. The lowest BCUT2D eigenvalue weighted by molar-refractivity contribution is 0.626. The number of aromatic nitrogens is 4. The highest BCUT2D eigenvalue weighted by molar-refractivity contribution is 5.88. The molecule has 30 heavy (non-hydrogen) atoms. The second-order valence-corrected chi connectivity index (χ2v) is 6.45. The second-order valence-electron chi connectivity index (χ2n) is 6.45. The van der Waals surface area contributed by atoms with Gasteiger partial charge < -0.3 is 4.98 Å². The average Bonchev–Trinajstić information content (AvgIpc) is 3.15. The van der Waals surface area contributed by atoms with Gasteiger partial charge in [-0.1, -0.05) is 12.1 Å². The molecule has 0 bridgehead atoms. The maximum Gasteiger partial charge on any atom is 0.349 e. The maximum atomic E-state index is 13.3. The molecule has 1 N–H and O–H groups in total. The van der Waals surface area contributed by atoms with E-state index in [1.165, 1.54) is 18.3 Å². The number of fused-ring (bicyclic) bond motifs is 1. The summed E-state index contributed by atoms with van der Waals surface area (Å²) in [6, 6.07) is 14.5. The zero-order valence-corrected chi connectivity index (χ0v) is 15.6. The zero-order valence-electron chi connectivity index (χ0n) is 15.6. The Morgan fingerprint density at radius 2 is 1.93 bits per heavy atom. The molecule has 0 saturated heterocycles. The molecule has 0 aliphatic heterocycles. The maximum absolute atomic E-state index is 13.3. The van der Waals surface area contributed by atoms with Crippen LogP contribution in [0.5, 0.6) is 0 Å². The van der Waals surface area contributed by atoms with Crippen LogP contribution in [0.25, 0.3) is 22.2 Å². The molecule has 0 unspecified atom stereocenters. The molecule has 0 aliphatic carbocycles. The number of H-pyrrole nitrogens is 1. The van der Waals surface area contributed by atoms with E-state index in [9.17, 15) is 14.0 Å². The number of hydrogen-bond acceptors (Lipinski definition) is 5. The number of aryl methyl sites for hydroxylation is 1. The van der Waals surface area contributed by atoms with Crippen LogP contribution >= 0.6 is 0 Å². The highest BCUT2D eigenvalue weighted by atomic mass is 19.1. The van der Waals surface area contributed by atoms with Crippen LogP contribution in [0.3, 0.4) is 0 Å². The molecule has 0 spiro atoms. The predicted molar refractivity (Wildman–Crippen MR) is 110 cm³/mol. The molecule has 0 amide bonds. The fourth-order valence-corrected chi connectivity index (χ4v) is 3.02. The Morgan fingerprint density at radius 3 is 2.70 bits per heavy atom. The minimum absolute atomic E-state index is 0.255. The topological polar surface area (TPSA) is 109 Å². The molecule has 2 aromatic heterocycles. The third-order valence-corrected chi connectivity index (χ3v) is 4.46. The van der Waals surface area contributed by atoms with E-state index in [1.807, 2.05) is 6.07 Å². The van der Waals surface area contributed by atoms with Crippen molar-refractivity contribution in [2.24, 2.45) is 5.10 Å². The van der Waals surface area contributed by atoms with Crippen LogP contribution in [-0.4, -0.2) is 25.7 Å². The monoisotopic (exact) mass is 402 g/mol. The van der Waals surface area contributed by atoms with Crippen LogP contribution in [0.1, 0.15) is 12.0 Å². The lowest BCUT2D eigenvalue weighted by atomic mass is 10.1. The third kappa shape index (κ3) is 3.66. The third-order valence-electron chi connectivity index (χ3n) is 4.46. The van der Waals surface area contributed by atoms with Crippen LogP contribution in [0.15, 0.2) is 69.4 Å². The van der Waals surface area contributed by atoms with Gasteiger partial charge in [0.15, 0.2) is 0 Å². The van der Waals surface area contributed by atoms with Crippen molar-refractivity contribution in [2.45, 2.75) is 13.0 Å². The molecule has 0 radical (unpaired) electrons. The summed E-state index contributed by atoms with van der Waals surface area (Å²) in [5, 5.41) is 17.6. The lowest BCUT2D eigenvalue weighted by Gasteiger charge is -2.01. The number of halogens is 1. The zero-order chi connectivity index (χ0) is 21.1. The number of aromatic amines is 1. The van der Waals surface area contributed by atoms with Gasteiger partial charge in [-0.2, -0.15) is 15.5 Å². The van der Waals surface area contributed by atoms with Gasteiger partial charge in [0.1, 0.15) is 11.5 Å². The molecule has 0 aliphatic rings. The van der Waals surface area contributed by atoms with Gasteiger partial charge in [-0.15, -0.1) is 4.68 Å². The fourth-order valence-electron chi connectivity index (χ4n) is 3.02. The molecule has 4 aromatic rings. The Morgan fingerprint density at radius 1 is 1.17 bits per heavy atom. The highest BCUT2D eigenvalue weighted by Gasteiger charge is 2.11. The first-order valence-corrected chi connectivity index (χ1v) is 9.05. The molecular formula is C21H15FN6O2. The van der Waals surface area contributed by atoms with Crippen molar-refractivity contribution in [1.82, 2.24) is 19.4 Å². The van der Waals surface area contributed by atoms with Crippen molar-refractivity contribution < 1.29 is 4.39 Å². The minimum atomic E-state index is -0.671. The molecule has 0 fully saturated rings. The Hall–Kier alpha value is -4.32. The number of rotatable bonds is 5. The molecule has 8 nitrogen and oxygen atoms in total. The summed E-state index contributed by atoms with van der Waals surface area (Å²) in [6.07, 6.45) is 3.25. The summed E-state index contributed by atoms with van der Waals surface area (Å²) in [4.78, 5) is 27.6. The summed E-state index contributed by atoms with van der Waals surface area (Å²) in [7, 11) is 0. The van der Waals surface area contributed by atoms with Gasteiger partial charge in [0.25, 0.3) is 5.56 Å². The van der Waals surface area contributed by atoms with Crippen LogP contribution < -0.4 is 11.2 Å². The van der Waals surface area contributed by atoms with Crippen LogP contribution in [0, 0.1) is 17.1 Å². The van der Waals surface area contributed by atoms with Gasteiger partial charge >= 0.3 is 5.69 Å². The smallest absolute Gasteiger partial charge is 0.305 e. The van der Waals surface area contributed by atoms with E-state index in [1.54, 1.807) is 47.3 Å². The summed E-state index contributed by atoms with van der Waals surface area (Å²) in [5.74, 6) is -0.382. The van der Waals surface area contributed by atoms with E-state index in [2.05, 4.69) is 15.2 Å². The van der Waals surface area contributed by atoms with Gasteiger partial charge in [0.05, 0.1) is 36.2 Å². The van der Waals surface area contributed by atoms with E-state index in [-0.39, 0.29) is 12.2 Å². The van der Waals surface area contributed by atoms with Crippen LogP contribution in [-0.2, 0) is 6.54 Å². The van der Waals surface area contributed by atoms with Gasteiger partial charge in [-0.05, 0) is 36.4 Å². The second kappa shape index (κ2) is 7.97. The van der Waals surface area contributed by atoms with E-state index >= 15 is 0 Å². The normalized spacial score (nSPS) is 11.2. The Bertz CT molecular complexity index is 1410. The molecular weight excluding hydrogens is 387 g/mol. The van der Waals surface area contributed by atoms with Crippen LogP contribution in [0.2, 0.25) is 0 Å². The summed E-state index contributed by atoms with van der Waals surface area (Å²) < 4.78 is 15.6. The Labute approximate surface area is 169 Å². The summed E-state index contributed by atoms with van der Waals surface area (Å²) in [5.41, 5.74) is 0.838. The van der Waals surface area contributed by atoms with E-state index in [0.29, 0.717) is 34.3 Å². The average molecular weight is 402 g/mol. The molecule has 2 heterocycles. The summed E-state index contributed by atoms with van der Waals surface area (Å²) >= 11 is 0. The van der Waals surface area contributed by atoms with Crippen molar-refractivity contribution in [3.8, 4) is 17.3 Å². The standard InChI is InChI=1S/C21H15FN6O2/c22-16-8-6-14(7-9-16)19-15(13-27(26-19)11-3-10-23)12-24-28-20(29)17-4-1-2-5-18(17)25-21(28)30/h1-2,4-9,12-13H,3,11H2,(H,25,30)/b24-12-. The predicted octanol–water partition coefficient (Wildman–Crippen LogP) is 2.49. The molecule has 148 valence electrons.